The Bertz CT molecular complexity index is 920. The Labute approximate surface area is 159 Å². The summed E-state index contributed by atoms with van der Waals surface area (Å²) in [4.78, 5) is 19.8. The summed E-state index contributed by atoms with van der Waals surface area (Å²) in [5.74, 6) is -0.682. The third kappa shape index (κ3) is 4.20. The van der Waals surface area contributed by atoms with E-state index in [9.17, 15) is 23.1 Å². The van der Waals surface area contributed by atoms with Gasteiger partial charge in [-0.15, -0.1) is 22.7 Å². The molecule has 0 aliphatic carbocycles. The van der Waals surface area contributed by atoms with E-state index in [-0.39, 0.29) is 6.61 Å². The molecule has 0 spiro atoms. The predicted octanol–water partition coefficient (Wildman–Crippen LogP) is 4.05. The van der Waals surface area contributed by atoms with Gasteiger partial charge in [-0.05, 0) is 19.1 Å². The normalized spacial score (nSPS) is 14.1. The molecule has 0 aromatic carbocycles. The van der Waals surface area contributed by atoms with Gasteiger partial charge in [-0.1, -0.05) is 0 Å². The molecule has 0 amide bonds. The molecule has 3 aromatic rings. The van der Waals surface area contributed by atoms with Gasteiger partial charge in [0.15, 0.2) is 10.8 Å². The van der Waals surface area contributed by atoms with E-state index in [0.29, 0.717) is 33.5 Å². The van der Waals surface area contributed by atoms with Gasteiger partial charge in [-0.3, -0.25) is 4.79 Å². The lowest BCUT2D eigenvalue weighted by Gasteiger charge is -2.27. The first kappa shape index (κ1) is 19.5. The maximum atomic E-state index is 13.4. The number of hydrogen-bond acceptors (Lipinski definition) is 8. The van der Waals surface area contributed by atoms with Gasteiger partial charge >= 0.3 is 12.1 Å². The molecular weight excluding hydrogens is 405 g/mol. The summed E-state index contributed by atoms with van der Waals surface area (Å²) < 4.78 is 50.2. The Morgan fingerprint density at radius 3 is 2.67 bits per heavy atom. The topological polar surface area (TPSA) is 85.5 Å². The molecule has 0 aliphatic heterocycles. The molecule has 0 saturated carbocycles. The average molecular weight is 418 g/mol. The molecule has 0 fully saturated rings. The van der Waals surface area contributed by atoms with Gasteiger partial charge in [-0.2, -0.15) is 13.2 Å². The summed E-state index contributed by atoms with van der Waals surface area (Å²) in [7, 11) is 0. The number of nitrogens with zero attached hydrogens (tertiary/aromatic N) is 2. The van der Waals surface area contributed by atoms with E-state index < -0.39 is 29.2 Å². The van der Waals surface area contributed by atoms with Crippen molar-refractivity contribution < 1.29 is 32.2 Å². The molecule has 3 aromatic heterocycles. The number of aromatic nitrogens is 2. The summed E-state index contributed by atoms with van der Waals surface area (Å²) in [6.45, 7) is 1.18. The molecular formula is C16H13F3N2O4S2. The first-order valence-electron chi connectivity index (χ1n) is 7.54. The highest BCUT2D eigenvalue weighted by Gasteiger charge is 2.58. The van der Waals surface area contributed by atoms with Gasteiger partial charge < -0.3 is 14.3 Å². The van der Waals surface area contributed by atoms with Crippen LogP contribution in [0.15, 0.2) is 33.6 Å². The third-order valence-electron chi connectivity index (χ3n) is 3.51. The Morgan fingerprint density at radius 1 is 1.30 bits per heavy atom. The summed E-state index contributed by atoms with van der Waals surface area (Å²) in [6.07, 6.45) is -4.89. The average Bonchev–Trinajstić information content (AvgIpc) is 3.32. The number of carbonyl (C=O) groups excluding carboxylic acids is 1. The molecule has 0 saturated heterocycles. The highest BCUT2D eigenvalue weighted by molar-refractivity contribution is 7.13. The Hall–Kier alpha value is -2.24. The fourth-order valence-corrected chi connectivity index (χ4v) is 3.83. The minimum Gasteiger partial charge on any atom is -0.462 e. The van der Waals surface area contributed by atoms with Gasteiger partial charge in [-0.25, -0.2) is 9.97 Å². The van der Waals surface area contributed by atoms with E-state index in [1.165, 1.54) is 29.9 Å². The zero-order valence-electron chi connectivity index (χ0n) is 13.8. The molecule has 1 N–H and O–H groups in total. The van der Waals surface area contributed by atoms with Crippen LogP contribution in [0, 0.1) is 6.92 Å². The number of halogens is 3. The number of carbonyl (C=O) groups is 1. The molecule has 3 rings (SSSR count). The molecule has 0 radical (unpaired) electrons. The van der Waals surface area contributed by atoms with Gasteiger partial charge in [0, 0.05) is 16.5 Å². The fraction of sp³-hybridized carbons (Fsp3) is 0.312. The smallest absolute Gasteiger partial charge is 0.424 e. The maximum Gasteiger partial charge on any atom is 0.424 e. The predicted molar refractivity (Wildman–Crippen MR) is 91.0 cm³/mol. The number of hydrogen-bond donors (Lipinski definition) is 1. The van der Waals surface area contributed by atoms with Crippen LogP contribution in [0.4, 0.5) is 13.2 Å². The number of furan rings is 1. The molecule has 11 heteroatoms. The second kappa shape index (κ2) is 7.41. The zero-order valence-corrected chi connectivity index (χ0v) is 15.5. The molecule has 144 valence electrons. The van der Waals surface area contributed by atoms with E-state index in [0.717, 1.165) is 0 Å². The number of esters is 1. The summed E-state index contributed by atoms with van der Waals surface area (Å²) in [5, 5.41) is 13.0. The SMILES string of the molecule is Cc1csc([C@](O)(CC(=O)OCc2csc(-c3ccco3)n2)C(F)(F)F)n1. The Morgan fingerprint density at radius 2 is 2.07 bits per heavy atom. The van der Waals surface area contributed by atoms with Crippen molar-refractivity contribution in [2.24, 2.45) is 0 Å². The number of thiazole rings is 2. The van der Waals surface area contributed by atoms with Crippen LogP contribution in [0.3, 0.4) is 0 Å². The van der Waals surface area contributed by atoms with E-state index in [4.69, 9.17) is 9.15 Å². The molecule has 0 aliphatic rings. The second-order valence-electron chi connectivity index (χ2n) is 5.61. The van der Waals surface area contributed by atoms with Gasteiger partial charge in [0.2, 0.25) is 5.60 Å². The standard InChI is InChI=1S/C16H13F3N2O4S2/c1-9-7-27-14(20-9)15(23,16(17,18)19)5-12(22)25-6-10-8-26-13(21-10)11-3-2-4-24-11/h2-4,7-8,23H,5-6H2,1H3/t15-/m1/s1. The lowest BCUT2D eigenvalue weighted by atomic mass is 10.00. The van der Waals surface area contributed by atoms with Crippen molar-refractivity contribution in [3.8, 4) is 10.8 Å². The second-order valence-corrected chi connectivity index (χ2v) is 7.33. The third-order valence-corrected chi connectivity index (χ3v) is 5.52. The van der Waals surface area contributed by atoms with Crippen LogP contribution < -0.4 is 0 Å². The van der Waals surface area contributed by atoms with E-state index in [2.05, 4.69) is 9.97 Å². The van der Waals surface area contributed by atoms with Crippen LogP contribution in [0.2, 0.25) is 0 Å². The van der Waals surface area contributed by atoms with E-state index >= 15 is 0 Å². The zero-order chi connectivity index (χ0) is 19.7. The number of aliphatic hydroxyl groups is 1. The summed E-state index contributed by atoms with van der Waals surface area (Å²) in [5.41, 5.74) is -2.72. The minimum absolute atomic E-state index is 0.318. The van der Waals surface area contributed by atoms with Crippen LogP contribution in [0.25, 0.3) is 10.8 Å². The fourth-order valence-electron chi connectivity index (χ4n) is 2.14. The van der Waals surface area contributed by atoms with Gasteiger partial charge in [0.05, 0.1) is 18.4 Å². The lowest BCUT2D eigenvalue weighted by Crippen LogP contribution is -2.44. The monoisotopic (exact) mass is 418 g/mol. The largest absolute Gasteiger partial charge is 0.462 e. The van der Waals surface area contributed by atoms with Crippen molar-refractivity contribution in [3.63, 3.8) is 0 Å². The lowest BCUT2D eigenvalue weighted by molar-refractivity contribution is -0.269. The van der Waals surface area contributed by atoms with Crippen LogP contribution in [-0.4, -0.2) is 27.2 Å². The highest BCUT2D eigenvalue weighted by Crippen LogP contribution is 2.43. The number of rotatable bonds is 6. The van der Waals surface area contributed by atoms with Crippen molar-refractivity contribution in [3.05, 3.63) is 45.6 Å². The molecule has 0 bridgehead atoms. The highest BCUT2D eigenvalue weighted by atomic mass is 32.1. The van der Waals surface area contributed by atoms with Crippen LogP contribution in [0.5, 0.6) is 0 Å². The molecule has 6 nitrogen and oxygen atoms in total. The molecule has 1 atom stereocenters. The van der Waals surface area contributed by atoms with Crippen molar-refractivity contribution in [1.82, 2.24) is 9.97 Å². The van der Waals surface area contributed by atoms with Gasteiger partial charge in [0.1, 0.15) is 11.6 Å². The number of alkyl halides is 3. The Balaban J connectivity index is 1.67. The van der Waals surface area contributed by atoms with E-state index in [1.807, 2.05) is 0 Å². The molecule has 3 heterocycles. The van der Waals surface area contributed by atoms with Crippen molar-refractivity contribution >= 4 is 28.6 Å². The summed E-state index contributed by atoms with van der Waals surface area (Å²) in [6, 6.07) is 3.39. The van der Waals surface area contributed by atoms with Crippen molar-refractivity contribution in [2.75, 3.05) is 0 Å². The molecule has 0 unspecified atom stereocenters. The number of aryl methyl sites for hydroxylation is 1. The van der Waals surface area contributed by atoms with Crippen LogP contribution in [-0.2, 0) is 21.7 Å². The minimum atomic E-state index is -5.08. The van der Waals surface area contributed by atoms with Crippen molar-refractivity contribution in [1.29, 1.82) is 0 Å². The Kier molecular flexibility index (Phi) is 5.36. The van der Waals surface area contributed by atoms with Crippen LogP contribution in [0.1, 0.15) is 22.8 Å². The van der Waals surface area contributed by atoms with Gasteiger partial charge in [0.25, 0.3) is 0 Å². The maximum absolute atomic E-state index is 13.4. The quantitative estimate of drug-likeness (QED) is 0.608. The molecule has 27 heavy (non-hydrogen) atoms. The summed E-state index contributed by atoms with van der Waals surface area (Å²) >= 11 is 1.87. The van der Waals surface area contributed by atoms with Crippen LogP contribution >= 0.6 is 22.7 Å². The number of ether oxygens (including phenoxy) is 1. The van der Waals surface area contributed by atoms with Crippen molar-refractivity contribution in [2.45, 2.75) is 31.7 Å². The van der Waals surface area contributed by atoms with E-state index in [1.54, 1.807) is 17.5 Å². The first-order valence-corrected chi connectivity index (χ1v) is 9.30. The first-order chi connectivity index (χ1) is 12.7.